The fraction of sp³-hybridized carbons (Fsp3) is 0.571. The summed E-state index contributed by atoms with van der Waals surface area (Å²) in [5.41, 5.74) is 7.19. The fourth-order valence-electron chi connectivity index (χ4n) is 2.66. The summed E-state index contributed by atoms with van der Waals surface area (Å²) in [7, 11) is 1.71. The second kappa shape index (κ2) is 4.31. The number of ether oxygens (including phenoxy) is 2. The van der Waals surface area contributed by atoms with E-state index in [2.05, 4.69) is 19.9 Å². The van der Waals surface area contributed by atoms with Crippen molar-refractivity contribution in [2.45, 2.75) is 31.2 Å². The Morgan fingerprint density at radius 3 is 2.47 bits per heavy atom. The highest BCUT2D eigenvalue weighted by Crippen LogP contribution is 2.42. The average molecular weight is 235 g/mol. The van der Waals surface area contributed by atoms with E-state index in [-0.39, 0.29) is 11.0 Å². The molecule has 2 N–H and O–H groups in total. The first-order valence-electron chi connectivity index (χ1n) is 5.97. The van der Waals surface area contributed by atoms with Gasteiger partial charge in [0, 0.05) is 16.5 Å². The molecule has 0 atom stereocenters. The maximum absolute atomic E-state index is 6.16. The van der Waals surface area contributed by atoms with Crippen LogP contribution in [-0.4, -0.2) is 25.9 Å². The van der Waals surface area contributed by atoms with Crippen molar-refractivity contribution in [3.8, 4) is 5.75 Å². The summed E-state index contributed by atoms with van der Waals surface area (Å²) in [6, 6.07) is 8.15. The fourth-order valence-corrected chi connectivity index (χ4v) is 2.66. The van der Waals surface area contributed by atoms with E-state index in [1.54, 1.807) is 7.11 Å². The van der Waals surface area contributed by atoms with Gasteiger partial charge in [-0.25, -0.2) is 0 Å². The van der Waals surface area contributed by atoms with Crippen LogP contribution in [-0.2, 0) is 10.2 Å². The van der Waals surface area contributed by atoms with Gasteiger partial charge in [-0.2, -0.15) is 0 Å². The van der Waals surface area contributed by atoms with Crippen molar-refractivity contribution >= 4 is 0 Å². The molecule has 1 fully saturated rings. The first-order valence-corrected chi connectivity index (χ1v) is 5.97. The van der Waals surface area contributed by atoms with E-state index < -0.39 is 0 Å². The molecule has 0 unspecified atom stereocenters. The molecule has 1 saturated heterocycles. The number of nitrogens with two attached hydrogens (primary N) is 1. The van der Waals surface area contributed by atoms with Crippen molar-refractivity contribution in [3.05, 3.63) is 29.8 Å². The molecule has 0 aliphatic carbocycles. The van der Waals surface area contributed by atoms with E-state index >= 15 is 0 Å². The van der Waals surface area contributed by atoms with Crippen LogP contribution in [0.5, 0.6) is 5.75 Å². The van der Waals surface area contributed by atoms with Crippen molar-refractivity contribution in [2.75, 3.05) is 20.3 Å². The molecule has 17 heavy (non-hydrogen) atoms. The number of benzene rings is 1. The zero-order chi connectivity index (χ0) is 12.5. The molecule has 1 aliphatic rings. The Balaban J connectivity index is 2.34. The smallest absolute Gasteiger partial charge is 0.122 e. The van der Waals surface area contributed by atoms with Crippen LogP contribution in [0.15, 0.2) is 24.3 Å². The van der Waals surface area contributed by atoms with Crippen molar-refractivity contribution in [2.24, 2.45) is 5.73 Å². The number of methoxy groups -OCH3 is 1. The maximum atomic E-state index is 6.16. The predicted molar refractivity (Wildman–Crippen MR) is 68.4 cm³/mol. The molecule has 94 valence electrons. The maximum Gasteiger partial charge on any atom is 0.122 e. The number of hydrogen-bond donors (Lipinski definition) is 1. The molecule has 0 saturated carbocycles. The van der Waals surface area contributed by atoms with Crippen LogP contribution >= 0.6 is 0 Å². The van der Waals surface area contributed by atoms with Gasteiger partial charge in [0.1, 0.15) is 5.75 Å². The molecule has 0 amide bonds. The van der Waals surface area contributed by atoms with Crippen LogP contribution in [0.25, 0.3) is 0 Å². The van der Waals surface area contributed by atoms with Crippen LogP contribution in [0.1, 0.15) is 25.8 Å². The van der Waals surface area contributed by atoms with Crippen molar-refractivity contribution in [1.82, 2.24) is 0 Å². The first-order chi connectivity index (χ1) is 7.97. The van der Waals surface area contributed by atoms with Gasteiger partial charge in [0.05, 0.1) is 20.3 Å². The largest absolute Gasteiger partial charge is 0.496 e. The lowest BCUT2D eigenvalue weighted by Crippen LogP contribution is -2.53. The summed E-state index contributed by atoms with van der Waals surface area (Å²) >= 11 is 0. The lowest BCUT2D eigenvalue weighted by Gasteiger charge is -2.46. The minimum atomic E-state index is -0.204. The highest BCUT2D eigenvalue weighted by molar-refractivity contribution is 5.41. The summed E-state index contributed by atoms with van der Waals surface area (Å²) in [4.78, 5) is 0. The lowest BCUT2D eigenvalue weighted by molar-refractivity contribution is -0.0727. The molecular weight excluding hydrogens is 214 g/mol. The summed E-state index contributed by atoms with van der Waals surface area (Å²) in [5, 5.41) is 0. The predicted octanol–water partition coefficient (Wildman–Crippen LogP) is 2.09. The van der Waals surface area contributed by atoms with Gasteiger partial charge >= 0.3 is 0 Å². The van der Waals surface area contributed by atoms with Crippen molar-refractivity contribution in [3.63, 3.8) is 0 Å². The molecule has 2 rings (SSSR count). The molecule has 0 aromatic heterocycles. The number of rotatable bonds is 4. The van der Waals surface area contributed by atoms with Gasteiger partial charge in [0.15, 0.2) is 0 Å². The highest BCUT2D eigenvalue weighted by atomic mass is 16.5. The van der Waals surface area contributed by atoms with Crippen LogP contribution in [0.3, 0.4) is 0 Å². The first kappa shape index (κ1) is 12.4. The van der Waals surface area contributed by atoms with E-state index in [4.69, 9.17) is 15.2 Å². The zero-order valence-corrected chi connectivity index (χ0v) is 10.8. The quantitative estimate of drug-likeness (QED) is 0.869. The van der Waals surface area contributed by atoms with Crippen LogP contribution in [0, 0.1) is 0 Å². The third-order valence-corrected chi connectivity index (χ3v) is 3.23. The molecule has 0 spiro atoms. The van der Waals surface area contributed by atoms with Crippen LogP contribution in [0.2, 0.25) is 0 Å². The van der Waals surface area contributed by atoms with Gasteiger partial charge in [-0.15, -0.1) is 0 Å². The van der Waals surface area contributed by atoms with Gasteiger partial charge in [0.25, 0.3) is 0 Å². The molecule has 3 nitrogen and oxygen atoms in total. The zero-order valence-electron chi connectivity index (χ0n) is 10.8. The second-order valence-electron chi connectivity index (χ2n) is 5.64. The molecule has 3 heteroatoms. The third-order valence-electron chi connectivity index (χ3n) is 3.23. The van der Waals surface area contributed by atoms with Crippen LogP contribution in [0.4, 0.5) is 0 Å². The minimum Gasteiger partial charge on any atom is -0.496 e. The van der Waals surface area contributed by atoms with Gasteiger partial charge in [0.2, 0.25) is 0 Å². The molecular formula is C14H21NO2. The van der Waals surface area contributed by atoms with E-state index in [0.29, 0.717) is 0 Å². The average Bonchev–Trinajstić information content (AvgIpc) is 2.22. The molecule has 1 heterocycles. The van der Waals surface area contributed by atoms with Gasteiger partial charge in [-0.1, -0.05) is 18.2 Å². The van der Waals surface area contributed by atoms with E-state index in [1.165, 1.54) is 5.56 Å². The van der Waals surface area contributed by atoms with Gasteiger partial charge in [-0.3, -0.25) is 0 Å². The molecule has 1 aliphatic heterocycles. The molecule has 1 aromatic rings. The Labute approximate surface area is 103 Å². The molecule has 0 bridgehead atoms. The van der Waals surface area contributed by atoms with E-state index in [9.17, 15) is 0 Å². The summed E-state index contributed by atoms with van der Waals surface area (Å²) < 4.78 is 10.9. The third kappa shape index (κ3) is 2.45. The summed E-state index contributed by atoms with van der Waals surface area (Å²) in [6.45, 7) is 5.58. The van der Waals surface area contributed by atoms with Crippen LogP contribution < -0.4 is 10.5 Å². The minimum absolute atomic E-state index is 0.0187. The standard InChI is InChI=1S/C14H21NO2/c1-13(2,15)8-14(9-17-10-14)11-6-4-5-7-12(11)16-3/h4-7H,8-10,15H2,1-3H3. The number of para-hydroxylation sites is 1. The Hall–Kier alpha value is -1.06. The van der Waals surface area contributed by atoms with Crippen molar-refractivity contribution < 1.29 is 9.47 Å². The summed E-state index contributed by atoms with van der Waals surface area (Å²) in [5.74, 6) is 0.931. The molecule has 1 aromatic carbocycles. The monoisotopic (exact) mass is 235 g/mol. The SMILES string of the molecule is COc1ccccc1C1(CC(C)(C)N)COC1. The van der Waals surface area contributed by atoms with E-state index in [0.717, 1.165) is 25.4 Å². The Kier molecular flexibility index (Phi) is 3.15. The Morgan fingerprint density at radius 1 is 1.35 bits per heavy atom. The van der Waals surface area contributed by atoms with Gasteiger partial charge < -0.3 is 15.2 Å². The molecule has 0 radical (unpaired) electrons. The Morgan fingerprint density at radius 2 is 2.00 bits per heavy atom. The second-order valence-corrected chi connectivity index (χ2v) is 5.64. The van der Waals surface area contributed by atoms with Crippen molar-refractivity contribution in [1.29, 1.82) is 0 Å². The Bertz CT molecular complexity index is 391. The lowest BCUT2D eigenvalue weighted by atomic mass is 9.70. The van der Waals surface area contributed by atoms with E-state index in [1.807, 2.05) is 18.2 Å². The highest BCUT2D eigenvalue weighted by Gasteiger charge is 2.44. The summed E-state index contributed by atoms with van der Waals surface area (Å²) in [6.07, 6.45) is 0.903. The topological polar surface area (TPSA) is 44.5 Å². The number of hydrogen-bond acceptors (Lipinski definition) is 3. The van der Waals surface area contributed by atoms with Gasteiger partial charge in [-0.05, 0) is 26.3 Å². The normalized spacial score (nSPS) is 18.6.